The fourth-order valence-electron chi connectivity index (χ4n) is 0.204. The molecule has 0 radical (unpaired) electrons. The second-order valence-electron chi connectivity index (χ2n) is 2.06. The van der Waals surface area contributed by atoms with Gasteiger partial charge in [0.2, 0.25) is 0 Å². The average Bonchev–Trinajstić information content (AvgIpc) is 2.32. The number of allylic oxidation sites excluding steroid dienone is 1. The molecule has 2 nitrogen and oxygen atoms in total. The van der Waals surface area contributed by atoms with E-state index in [0.29, 0.717) is 6.61 Å². The van der Waals surface area contributed by atoms with Crippen LogP contribution in [0.4, 0.5) is 0 Å². The van der Waals surface area contributed by atoms with Gasteiger partial charge in [-0.1, -0.05) is 59.7 Å². The summed E-state index contributed by atoms with van der Waals surface area (Å²) in [7, 11) is 0. The average molecular weight is 217 g/mol. The second kappa shape index (κ2) is 37.9. The maximum atomic E-state index is 4.70. The van der Waals surface area contributed by atoms with Crippen molar-refractivity contribution >= 4 is 5.71 Å². The molecule has 0 aromatic heterocycles. The van der Waals surface area contributed by atoms with Crippen LogP contribution in [0.1, 0.15) is 61.8 Å². The minimum atomic E-state index is 0.616. The van der Waals surface area contributed by atoms with Crippen LogP contribution in [-0.2, 0) is 4.84 Å². The quantitative estimate of drug-likeness (QED) is 0.478. The van der Waals surface area contributed by atoms with Crippen molar-refractivity contribution in [2.45, 2.75) is 61.8 Å². The normalized spacial score (nSPS) is 7.87. The zero-order valence-electron chi connectivity index (χ0n) is 12.1. The van der Waals surface area contributed by atoms with Gasteiger partial charge < -0.3 is 4.84 Å². The molecule has 0 atom stereocenters. The van der Waals surface area contributed by atoms with Gasteiger partial charge in [-0.3, -0.25) is 0 Å². The molecule has 0 bridgehead atoms. The van der Waals surface area contributed by atoms with Crippen LogP contribution in [-0.4, -0.2) is 12.3 Å². The summed E-state index contributed by atoms with van der Waals surface area (Å²) in [5, 5.41) is 3.66. The Morgan fingerprint density at radius 1 is 1.13 bits per heavy atom. The Balaban J connectivity index is -0.0000000726. The van der Waals surface area contributed by atoms with E-state index in [1.54, 1.807) is 6.08 Å². The van der Waals surface area contributed by atoms with Crippen molar-refractivity contribution in [2.24, 2.45) is 5.16 Å². The summed E-state index contributed by atoms with van der Waals surface area (Å²) in [4.78, 5) is 4.70. The van der Waals surface area contributed by atoms with Gasteiger partial charge in [0, 0.05) is 0 Å². The van der Waals surface area contributed by atoms with E-state index in [9.17, 15) is 0 Å². The lowest BCUT2D eigenvalue weighted by Gasteiger charge is -1.90. The van der Waals surface area contributed by atoms with Gasteiger partial charge in [0.25, 0.3) is 0 Å². The van der Waals surface area contributed by atoms with E-state index in [2.05, 4.69) is 25.6 Å². The molecular weight excluding hydrogens is 186 g/mol. The highest BCUT2D eigenvalue weighted by Gasteiger charge is 1.77. The predicted molar refractivity (Wildman–Crippen MR) is 73.6 cm³/mol. The molecule has 0 saturated heterocycles. The molecule has 0 aliphatic heterocycles. The van der Waals surface area contributed by atoms with Crippen molar-refractivity contribution < 1.29 is 4.84 Å². The highest BCUT2D eigenvalue weighted by molar-refractivity contribution is 5.91. The largest absolute Gasteiger partial charge is 0.396 e. The number of oxime groups is 1. The van der Waals surface area contributed by atoms with Crippen LogP contribution in [0, 0.1) is 0 Å². The Bertz CT molecular complexity index is 109. The van der Waals surface area contributed by atoms with Gasteiger partial charge >= 0.3 is 0 Å². The van der Waals surface area contributed by atoms with Crippen molar-refractivity contribution in [1.29, 1.82) is 0 Å². The third kappa shape index (κ3) is 61.2. The van der Waals surface area contributed by atoms with Crippen LogP contribution in [0.5, 0.6) is 0 Å². The molecule has 0 aromatic rings. The van der Waals surface area contributed by atoms with Gasteiger partial charge in [-0.05, 0) is 19.9 Å². The smallest absolute Gasteiger partial charge is 0.114 e. The first kappa shape index (κ1) is 23.8. The van der Waals surface area contributed by atoms with E-state index < -0.39 is 0 Å². The summed E-state index contributed by atoms with van der Waals surface area (Å²) in [6, 6.07) is 0. The Kier molecular flexibility index (Phi) is 60.1. The number of rotatable bonds is 3. The minimum absolute atomic E-state index is 0.616. The lowest BCUT2D eigenvalue weighted by atomic mass is 10.4. The molecule has 0 aliphatic carbocycles. The van der Waals surface area contributed by atoms with Crippen molar-refractivity contribution in [3.8, 4) is 0 Å². The van der Waals surface area contributed by atoms with Crippen molar-refractivity contribution in [3.05, 3.63) is 12.7 Å². The highest BCUT2D eigenvalue weighted by atomic mass is 16.6. The van der Waals surface area contributed by atoms with E-state index >= 15 is 0 Å². The Morgan fingerprint density at radius 2 is 1.47 bits per heavy atom. The number of hydrogen-bond donors (Lipinski definition) is 0. The molecule has 15 heavy (non-hydrogen) atoms. The Morgan fingerprint density at radius 3 is 1.67 bits per heavy atom. The third-order valence-corrected chi connectivity index (χ3v) is 0.633. The lowest BCUT2D eigenvalue weighted by Crippen LogP contribution is -1.86. The van der Waals surface area contributed by atoms with E-state index in [4.69, 9.17) is 4.84 Å². The van der Waals surface area contributed by atoms with Crippen molar-refractivity contribution in [1.82, 2.24) is 0 Å². The fourth-order valence-corrected chi connectivity index (χ4v) is 0.204. The molecule has 0 spiro atoms. The van der Waals surface area contributed by atoms with Gasteiger partial charge in [0.15, 0.2) is 0 Å². The maximum Gasteiger partial charge on any atom is 0.114 e. The molecular formula is C13H31NO. The van der Waals surface area contributed by atoms with E-state index in [-0.39, 0.29) is 0 Å². The van der Waals surface area contributed by atoms with E-state index in [1.807, 2.05) is 41.5 Å². The topological polar surface area (TPSA) is 21.6 Å². The van der Waals surface area contributed by atoms with Crippen LogP contribution < -0.4 is 0 Å². The summed E-state index contributed by atoms with van der Waals surface area (Å²) in [6.07, 6.45) is 2.90. The fraction of sp³-hybridized carbons (Fsp3) is 0.769. The SMILES string of the molecule is C=C/C(C)=N\OCC.CC.CC.CCC. The van der Waals surface area contributed by atoms with Crippen molar-refractivity contribution in [3.63, 3.8) is 0 Å². The molecule has 0 heterocycles. The van der Waals surface area contributed by atoms with Crippen LogP contribution >= 0.6 is 0 Å². The monoisotopic (exact) mass is 217 g/mol. The van der Waals surface area contributed by atoms with Crippen LogP contribution in [0.25, 0.3) is 0 Å². The zero-order chi connectivity index (χ0) is 13.1. The predicted octanol–water partition coefficient (Wildman–Crippen LogP) is 5.05. The molecule has 0 fully saturated rings. The van der Waals surface area contributed by atoms with Gasteiger partial charge in [0.05, 0.1) is 5.71 Å². The number of nitrogens with zero attached hydrogens (tertiary/aromatic N) is 1. The molecule has 0 aliphatic rings. The third-order valence-electron chi connectivity index (χ3n) is 0.633. The molecule has 0 amide bonds. The highest BCUT2D eigenvalue weighted by Crippen LogP contribution is 1.79. The van der Waals surface area contributed by atoms with Crippen LogP contribution in [0.3, 0.4) is 0 Å². The molecule has 0 unspecified atom stereocenters. The maximum absolute atomic E-state index is 4.70. The first-order valence-corrected chi connectivity index (χ1v) is 6.01. The van der Waals surface area contributed by atoms with E-state index in [1.165, 1.54) is 6.42 Å². The van der Waals surface area contributed by atoms with E-state index in [0.717, 1.165) is 5.71 Å². The van der Waals surface area contributed by atoms with Gasteiger partial charge in [-0.2, -0.15) is 0 Å². The summed E-state index contributed by atoms with van der Waals surface area (Å²) in [6.45, 7) is 20.1. The first-order valence-electron chi connectivity index (χ1n) is 6.01. The Labute approximate surface area is 97.4 Å². The molecule has 94 valence electrons. The molecule has 0 saturated carbocycles. The summed E-state index contributed by atoms with van der Waals surface area (Å²) >= 11 is 0. The molecule has 0 aromatic carbocycles. The summed E-state index contributed by atoms with van der Waals surface area (Å²) < 4.78 is 0. The second-order valence-corrected chi connectivity index (χ2v) is 2.06. The lowest BCUT2D eigenvalue weighted by molar-refractivity contribution is 0.159. The number of hydrogen-bond acceptors (Lipinski definition) is 2. The van der Waals surface area contributed by atoms with Crippen molar-refractivity contribution in [2.75, 3.05) is 6.61 Å². The first-order chi connectivity index (χ1) is 7.22. The zero-order valence-corrected chi connectivity index (χ0v) is 12.1. The minimum Gasteiger partial charge on any atom is -0.396 e. The summed E-state index contributed by atoms with van der Waals surface area (Å²) in [5.74, 6) is 0. The van der Waals surface area contributed by atoms with Crippen LogP contribution in [0.15, 0.2) is 17.8 Å². The van der Waals surface area contributed by atoms with Crippen LogP contribution in [0.2, 0.25) is 0 Å². The summed E-state index contributed by atoms with van der Waals surface area (Å²) in [5.41, 5.74) is 0.812. The van der Waals surface area contributed by atoms with Gasteiger partial charge in [0.1, 0.15) is 6.61 Å². The van der Waals surface area contributed by atoms with Gasteiger partial charge in [-0.25, -0.2) is 0 Å². The van der Waals surface area contributed by atoms with Gasteiger partial charge in [-0.15, -0.1) is 0 Å². The molecule has 2 heteroatoms. The Hall–Kier alpha value is -0.790. The molecule has 0 rings (SSSR count). The molecule has 0 N–H and O–H groups in total. The standard InChI is InChI=1S/C6H11NO.C3H8.2C2H6/c1-4-6(3)7-8-5-2;1-3-2;2*1-2/h4H,1,5H2,2-3H3;3H2,1-2H3;2*1-2H3/b7-6-;;;.